The second kappa shape index (κ2) is 4.01. The fourth-order valence-electron chi connectivity index (χ4n) is 2.96. The van der Waals surface area contributed by atoms with Crippen LogP contribution in [0.1, 0.15) is 26.7 Å². The molecular formula is C11H18N6O. The van der Waals surface area contributed by atoms with Gasteiger partial charge in [0.15, 0.2) is 0 Å². The Morgan fingerprint density at radius 2 is 2.11 bits per heavy atom. The number of hydrogen-bond donors (Lipinski definition) is 0. The van der Waals surface area contributed by atoms with Gasteiger partial charge in [-0.3, -0.25) is 4.90 Å². The molecule has 0 aromatic carbocycles. The Hall–Kier alpha value is -1.50. The number of carbonyl (C=O) groups excluding carboxylic acids is 1. The maximum absolute atomic E-state index is 12.3. The van der Waals surface area contributed by atoms with E-state index in [0.717, 1.165) is 32.5 Å². The third-order valence-electron chi connectivity index (χ3n) is 4.24. The molecule has 98 valence electrons. The van der Waals surface area contributed by atoms with E-state index in [0.29, 0.717) is 6.04 Å². The van der Waals surface area contributed by atoms with Crippen molar-refractivity contribution < 1.29 is 4.79 Å². The molecule has 2 saturated heterocycles. The van der Waals surface area contributed by atoms with Gasteiger partial charge in [-0.05, 0) is 37.1 Å². The molecule has 0 bridgehead atoms. The van der Waals surface area contributed by atoms with Gasteiger partial charge in [-0.1, -0.05) is 0 Å². The Bertz CT molecular complexity index is 444. The molecule has 7 nitrogen and oxygen atoms in total. The largest absolute Gasteiger partial charge is 0.348 e. The fourth-order valence-corrected chi connectivity index (χ4v) is 2.96. The van der Waals surface area contributed by atoms with Crippen LogP contribution < -0.4 is 0 Å². The number of nitrogens with zero attached hydrogens (tertiary/aromatic N) is 6. The lowest BCUT2D eigenvalue weighted by atomic mass is 9.84. The summed E-state index contributed by atoms with van der Waals surface area (Å²) in [5.41, 5.74) is 0.0211. The molecule has 1 amide bonds. The second-order valence-corrected chi connectivity index (χ2v) is 5.48. The standard InChI is InChI=1S/C11H18N6O/c1-9(2)15-5-3-11(7-15)4-6-16(11)10(18)17-8-12-13-14-17/h8-9H,3-7H2,1-2H3. The molecule has 0 aliphatic carbocycles. The van der Waals surface area contributed by atoms with Crippen LogP contribution in [0.15, 0.2) is 6.33 Å². The summed E-state index contributed by atoms with van der Waals surface area (Å²) in [4.78, 5) is 16.6. The average Bonchev–Trinajstić information content (AvgIpc) is 2.98. The molecule has 1 spiro atoms. The normalized spacial score (nSPS) is 28.1. The van der Waals surface area contributed by atoms with Gasteiger partial charge in [-0.2, -0.15) is 0 Å². The van der Waals surface area contributed by atoms with Crippen LogP contribution in [0.5, 0.6) is 0 Å². The van der Waals surface area contributed by atoms with Crippen LogP contribution in [0.4, 0.5) is 4.79 Å². The van der Waals surface area contributed by atoms with Gasteiger partial charge < -0.3 is 4.90 Å². The molecule has 0 N–H and O–H groups in total. The highest BCUT2D eigenvalue weighted by molar-refractivity contribution is 5.77. The topological polar surface area (TPSA) is 67.2 Å². The van der Waals surface area contributed by atoms with E-state index in [1.807, 2.05) is 4.90 Å². The van der Waals surface area contributed by atoms with E-state index in [-0.39, 0.29) is 11.6 Å². The van der Waals surface area contributed by atoms with Crippen LogP contribution in [0.25, 0.3) is 0 Å². The Morgan fingerprint density at radius 3 is 2.61 bits per heavy atom. The highest BCUT2D eigenvalue weighted by Crippen LogP contribution is 2.39. The Kier molecular flexibility index (Phi) is 2.58. The lowest BCUT2D eigenvalue weighted by molar-refractivity contribution is 0.0274. The van der Waals surface area contributed by atoms with Gasteiger partial charge in [0.1, 0.15) is 6.33 Å². The van der Waals surface area contributed by atoms with Crippen LogP contribution in [-0.2, 0) is 0 Å². The summed E-state index contributed by atoms with van der Waals surface area (Å²) in [5.74, 6) is 0. The van der Waals surface area contributed by atoms with E-state index in [1.165, 1.54) is 11.0 Å². The van der Waals surface area contributed by atoms with Crippen molar-refractivity contribution in [2.75, 3.05) is 19.6 Å². The first-order chi connectivity index (χ1) is 8.62. The zero-order valence-electron chi connectivity index (χ0n) is 10.8. The number of aromatic nitrogens is 4. The van der Waals surface area contributed by atoms with Gasteiger partial charge in [0.2, 0.25) is 0 Å². The van der Waals surface area contributed by atoms with Crippen LogP contribution >= 0.6 is 0 Å². The number of likely N-dealkylation sites (tertiary alicyclic amines) is 2. The molecule has 18 heavy (non-hydrogen) atoms. The number of carbonyl (C=O) groups is 1. The third-order valence-corrected chi connectivity index (χ3v) is 4.24. The van der Waals surface area contributed by atoms with E-state index >= 15 is 0 Å². The summed E-state index contributed by atoms with van der Waals surface area (Å²) >= 11 is 0. The summed E-state index contributed by atoms with van der Waals surface area (Å²) in [5, 5.41) is 10.7. The minimum absolute atomic E-state index is 0.0211. The number of rotatable bonds is 1. The van der Waals surface area contributed by atoms with E-state index in [9.17, 15) is 4.79 Å². The maximum atomic E-state index is 12.3. The molecule has 3 rings (SSSR count). The second-order valence-electron chi connectivity index (χ2n) is 5.48. The Labute approximate surface area is 106 Å². The van der Waals surface area contributed by atoms with Gasteiger partial charge in [0, 0.05) is 25.7 Å². The lowest BCUT2D eigenvalue weighted by Crippen LogP contribution is -2.64. The van der Waals surface area contributed by atoms with Crippen molar-refractivity contribution in [2.45, 2.75) is 38.3 Å². The molecule has 3 heterocycles. The molecule has 1 aromatic heterocycles. The van der Waals surface area contributed by atoms with Crippen molar-refractivity contribution in [1.82, 2.24) is 30.0 Å². The van der Waals surface area contributed by atoms with Gasteiger partial charge in [0.05, 0.1) is 5.54 Å². The number of amides is 1. The molecule has 0 saturated carbocycles. The fraction of sp³-hybridized carbons (Fsp3) is 0.818. The van der Waals surface area contributed by atoms with E-state index < -0.39 is 0 Å². The quantitative estimate of drug-likeness (QED) is 0.666. The van der Waals surface area contributed by atoms with Crippen molar-refractivity contribution in [1.29, 1.82) is 0 Å². The molecular weight excluding hydrogens is 232 g/mol. The van der Waals surface area contributed by atoms with Crippen molar-refractivity contribution >= 4 is 6.03 Å². The van der Waals surface area contributed by atoms with Crippen LogP contribution in [0, 0.1) is 0 Å². The van der Waals surface area contributed by atoms with Crippen LogP contribution in [0.2, 0.25) is 0 Å². The summed E-state index contributed by atoms with van der Waals surface area (Å²) < 4.78 is 1.22. The first-order valence-electron chi connectivity index (χ1n) is 6.41. The molecule has 2 fully saturated rings. The van der Waals surface area contributed by atoms with Crippen LogP contribution in [-0.4, -0.2) is 67.3 Å². The van der Waals surface area contributed by atoms with Gasteiger partial charge in [0.25, 0.3) is 0 Å². The first kappa shape index (κ1) is 11.6. The van der Waals surface area contributed by atoms with Crippen molar-refractivity contribution in [2.24, 2.45) is 0 Å². The van der Waals surface area contributed by atoms with Crippen LogP contribution in [0.3, 0.4) is 0 Å². The summed E-state index contributed by atoms with van der Waals surface area (Å²) in [6.45, 7) is 7.25. The number of hydrogen-bond acceptors (Lipinski definition) is 5. The molecule has 2 aliphatic heterocycles. The van der Waals surface area contributed by atoms with E-state index in [1.54, 1.807) is 0 Å². The molecule has 0 radical (unpaired) electrons. The number of tetrazole rings is 1. The summed E-state index contributed by atoms with van der Waals surface area (Å²) in [6, 6.07) is 0.437. The summed E-state index contributed by atoms with van der Waals surface area (Å²) in [7, 11) is 0. The lowest BCUT2D eigenvalue weighted by Gasteiger charge is -2.50. The van der Waals surface area contributed by atoms with Gasteiger partial charge in [-0.15, -0.1) is 9.78 Å². The first-order valence-corrected chi connectivity index (χ1v) is 6.41. The molecule has 2 aliphatic rings. The molecule has 1 aromatic rings. The zero-order valence-corrected chi connectivity index (χ0v) is 10.8. The Morgan fingerprint density at radius 1 is 1.33 bits per heavy atom. The van der Waals surface area contributed by atoms with E-state index in [4.69, 9.17) is 0 Å². The maximum Gasteiger partial charge on any atom is 0.348 e. The van der Waals surface area contributed by atoms with E-state index in [2.05, 4.69) is 34.3 Å². The third kappa shape index (κ3) is 1.61. The Balaban J connectivity index is 1.74. The SMILES string of the molecule is CC(C)N1CCC2(CCN2C(=O)n2cnnn2)C1. The van der Waals surface area contributed by atoms with Crippen molar-refractivity contribution in [3.8, 4) is 0 Å². The molecule has 1 unspecified atom stereocenters. The highest BCUT2D eigenvalue weighted by Gasteiger charge is 2.52. The zero-order chi connectivity index (χ0) is 12.8. The predicted molar refractivity (Wildman–Crippen MR) is 64.0 cm³/mol. The van der Waals surface area contributed by atoms with Crippen molar-refractivity contribution in [3.63, 3.8) is 0 Å². The smallest absolute Gasteiger partial charge is 0.316 e. The minimum atomic E-state index is -0.100. The molecule has 7 heteroatoms. The minimum Gasteiger partial charge on any atom is -0.316 e. The molecule has 1 atom stereocenters. The average molecular weight is 250 g/mol. The monoisotopic (exact) mass is 250 g/mol. The predicted octanol–water partition coefficient (Wildman–Crippen LogP) is 0.200. The highest BCUT2D eigenvalue weighted by atomic mass is 16.2. The summed E-state index contributed by atoms with van der Waals surface area (Å²) in [6.07, 6.45) is 3.51. The van der Waals surface area contributed by atoms with Gasteiger partial charge >= 0.3 is 6.03 Å². The van der Waals surface area contributed by atoms with Gasteiger partial charge in [-0.25, -0.2) is 4.79 Å². The van der Waals surface area contributed by atoms with Crippen molar-refractivity contribution in [3.05, 3.63) is 6.33 Å².